The van der Waals surface area contributed by atoms with Crippen molar-refractivity contribution in [3.8, 4) is 34.3 Å². The molecule has 0 bridgehead atoms. The van der Waals surface area contributed by atoms with E-state index in [2.05, 4.69) is 33.9 Å². The van der Waals surface area contributed by atoms with Gasteiger partial charge in [-0.05, 0) is 77.4 Å². The number of methoxy groups -OCH3 is 1. The molecule has 0 aliphatic rings. The number of carbonyl (C=O) groups is 1. The molecule has 0 aliphatic heterocycles. The van der Waals surface area contributed by atoms with E-state index in [1.54, 1.807) is 45.0 Å². The van der Waals surface area contributed by atoms with E-state index < -0.39 is 19.7 Å². The fourth-order valence-corrected chi connectivity index (χ4v) is 4.68. The van der Waals surface area contributed by atoms with Gasteiger partial charge in [0.25, 0.3) is 0 Å². The van der Waals surface area contributed by atoms with Crippen LogP contribution in [0.25, 0.3) is 22.3 Å². The zero-order valence-corrected chi connectivity index (χ0v) is 26.6. The van der Waals surface area contributed by atoms with Crippen LogP contribution in [0.4, 0.5) is 0 Å². The zero-order chi connectivity index (χ0) is 30.2. The third-order valence-corrected chi connectivity index (χ3v) is 11.5. The Morgan fingerprint density at radius 3 is 2.20 bits per heavy atom. The van der Waals surface area contributed by atoms with Crippen molar-refractivity contribution in [2.75, 3.05) is 7.11 Å². The molecule has 0 fully saturated rings. The first-order chi connectivity index (χ1) is 18.4. The Bertz CT molecular complexity index is 1510. The van der Waals surface area contributed by atoms with Crippen LogP contribution in [0.5, 0.6) is 23.0 Å². The molecule has 0 saturated heterocycles. The SMILES string of the molecule is COc1cc(-c2cc(=O)c3c(O)c(CC=C(C)C)c(O[Si](C)(C)C(C)(C)C)cc3o2)ccc1OC(=O)C(C)(C)C. The van der Waals surface area contributed by atoms with E-state index in [0.29, 0.717) is 29.0 Å². The lowest BCUT2D eigenvalue weighted by molar-refractivity contribution is -0.143. The Morgan fingerprint density at radius 2 is 1.65 bits per heavy atom. The summed E-state index contributed by atoms with van der Waals surface area (Å²) in [5.74, 6) is 0.840. The second-order valence-electron chi connectivity index (χ2n) is 12.9. The fraction of sp³-hybridized carbons (Fsp3) is 0.438. The summed E-state index contributed by atoms with van der Waals surface area (Å²) in [5.41, 5.74) is 1.35. The van der Waals surface area contributed by atoms with E-state index in [1.807, 2.05) is 19.9 Å². The predicted molar refractivity (Wildman–Crippen MR) is 162 cm³/mol. The molecule has 0 amide bonds. The number of fused-ring (bicyclic) bond motifs is 1. The number of benzene rings is 2. The van der Waals surface area contributed by atoms with Gasteiger partial charge in [-0.25, -0.2) is 0 Å². The van der Waals surface area contributed by atoms with E-state index in [9.17, 15) is 14.7 Å². The Hall–Kier alpha value is -3.52. The lowest BCUT2D eigenvalue weighted by Gasteiger charge is -2.37. The monoisotopic (exact) mass is 566 g/mol. The Kier molecular flexibility index (Phi) is 8.65. The van der Waals surface area contributed by atoms with Gasteiger partial charge in [0.2, 0.25) is 8.32 Å². The van der Waals surface area contributed by atoms with Gasteiger partial charge in [0.1, 0.15) is 28.2 Å². The Labute approximate surface area is 237 Å². The number of phenols is 1. The largest absolute Gasteiger partial charge is 0.543 e. The number of phenolic OH excluding ortho intramolecular Hbond substituents is 1. The summed E-state index contributed by atoms with van der Waals surface area (Å²) in [6, 6.07) is 8.00. The van der Waals surface area contributed by atoms with Crippen LogP contribution in [-0.4, -0.2) is 26.5 Å². The highest BCUT2D eigenvalue weighted by Crippen LogP contribution is 2.43. The normalized spacial score (nSPS) is 12.3. The van der Waals surface area contributed by atoms with Crippen molar-refractivity contribution in [3.63, 3.8) is 0 Å². The molecule has 0 unspecified atom stereocenters. The van der Waals surface area contributed by atoms with E-state index in [0.717, 1.165) is 5.57 Å². The summed E-state index contributed by atoms with van der Waals surface area (Å²) in [6.45, 7) is 20.0. The van der Waals surface area contributed by atoms with Gasteiger partial charge in [-0.3, -0.25) is 9.59 Å². The molecule has 0 aliphatic carbocycles. The molecule has 2 aromatic carbocycles. The number of allylic oxidation sites excluding steroid dienone is 2. The molecule has 1 aromatic heterocycles. The second-order valence-corrected chi connectivity index (χ2v) is 17.6. The van der Waals surface area contributed by atoms with Crippen LogP contribution in [0.1, 0.15) is 61.0 Å². The lowest BCUT2D eigenvalue weighted by Crippen LogP contribution is -2.44. The highest BCUT2D eigenvalue weighted by Gasteiger charge is 2.40. The molecule has 0 atom stereocenters. The third kappa shape index (κ3) is 6.61. The first-order valence-electron chi connectivity index (χ1n) is 13.4. The number of ether oxygens (including phenoxy) is 2. The maximum atomic E-state index is 13.3. The summed E-state index contributed by atoms with van der Waals surface area (Å²) in [6.07, 6.45) is 2.41. The maximum Gasteiger partial charge on any atom is 0.316 e. The molecule has 8 heteroatoms. The molecule has 1 N–H and O–H groups in total. The minimum Gasteiger partial charge on any atom is -0.543 e. The number of esters is 1. The van der Waals surface area contributed by atoms with E-state index in [-0.39, 0.29) is 38.7 Å². The molecule has 0 spiro atoms. The van der Waals surface area contributed by atoms with Gasteiger partial charge in [0.15, 0.2) is 16.9 Å². The van der Waals surface area contributed by atoms with Crippen molar-refractivity contribution in [2.45, 2.75) is 79.9 Å². The predicted octanol–water partition coefficient (Wildman–Crippen LogP) is 8.02. The molecular formula is C32H42O7Si. The molecular weight excluding hydrogens is 524 g/mol. The summed E-state index contributed by atoms with van der Waals surface area (Å²) in [4.78, 5) is 25.8. The third-order valence-electron chi connectivity index (χ3n) is 7.21. The molecule has 3 rings (SSSR count). The minimum atomic E-state index is -2.29. The highest BCUT2D eigenvalue weighted by molar-refractivity contribution is 6.74. The lowest BCUT2D eigenvalue weighted by atomic mass is 9.97. The molecule has 0 saturated carbocycles. The van der Waals surface area contributed by atoms with Gasteiger partial charge in [0, 0.05) is 23.3 Å². The fourth-order valence-electron chi connectivity index (χ4n) is 3.64. The number of aromatic hydroxyl groups is 1. The molecule has 40 heavy (non-hydrogen) atoms. The first-order valence-corrected chi connectivity index (χ1v) is 16.3. The summed E-state index contributed by atoms with van der Waals surface area (Å²) in [5, 5.41) is 11.4. The minimum absolute atomic E-state index is 0.0806. The van der Waals surface area contributed by atoms with Crippen LogP contribution >= 0.6 is 0 Å². The summed E-state index contributed by atoms with van der Waals surface area (Å²) < 4.78 is 23.8. The van der Waals surface area contributed by atoms with Crippen molar-refractivity contribution in [1.29, 1.82) is 0 Å². The van der Waals surface area contributed by atoms with Crippen molar-refractivity contribution < 1.29 is 28.2 Å². The number of hydrogen-bond acceptors (Lipinski definition) is 7. The standard InChI is InChI=1S/C32H42O7Si/c1-19(2)12-14-21-25(39-40(10,11)32(6,7)8)18-27-28(29(21)34)22(33)17-24(37-27)20-13-15-23(26(16-20)36-9)38-30(35)31(3,4)5/h12-13,15-18,34H,14H2,1-11H3. The van der Waals surface area contributed by atoms with Crippen molar-refractivity contribution >= 4 is 25.3 Å². The average Bonchev–Trinajstić information content (AvgIpc) is 2.81. The van der Waals surface area contributed by atoms with Crippen molar-refractivity contribution in [3.05, 3.63) is 57.8 Å². The van der Waals surface area contributed by atoms with E-state index in [1.165, 1.54) is 13.2 Å². The van der Waals surface area contributed by atoms with E-state index in [4.69, 9.17) is 18.3 Å². The van der Waals surface area contributed by atoms with Crippen LogP contribution in [0.15, 0.2) is 51.2 Å². The van der Waals surface area contributed by atoms with Crippen LogP contribution in [-0.2, 0) is 11.2 Å². The smallest absolute Gasteiger partial charge is 0.316 e. The first kappa shape index (κ1) is 31.0. The van der Waals surface area contributed by atoms with E-state index >= 15 is 0 Å². The zero-order valence-electron chi connectivity index (χ0n) is 25.6. The Balaban J connectivity index is 2.19. The molecule has 0 radical (unpaired) electrons. The van der Waals surface area contributed by atoms with Gasteiger partial charge >= 0.3 is 5.97 Å². The van der Waals surface area contributed by atoms with Gasteiger partial charge in [-0.1, -0.05) is 32.4 Å². The van der Waals surface area contributed by atoms with Gasteiger partial charge in [-0.2, -0.15) is 0 Å². The number of rotatable bonds is 7. The van der Waals surface area contributed by atoms with Crippen LogP contribution in [0.3, 0.4) is 0 Å². The van der Waals surface area contributed by atoms with Crippen LogP contribution < -0.4 is 19.3 Å². The molecule has 3 aromatic rings. The molecule has 216 valence electrons. The topological polar surface area (TPSA) is 95.2 Å². The second kappa shape index (κ2) is 11.2. The average molecular weight is 567 g/mol. The summed E-state index contributed by atoms with van der Waals surface area (Å²) >= 11 is 0. The summed E-state index contributed by atoms with van der Waals surface area (Å²) in [7, 11) is -0.817. The van der Waals surface area contributed by atoms with Gasteiger partial charge < -0.3 is 23.4 Å². The van der Waals surface area contributed by atoms with Crippen molar-refractivity contribution in [1.82, 2.24) is 0 Å². The number of hydrogen-bond donors (Lipinski definition) is 1. The van der Waals surface area contributed by atoms with Gasteiger partial charge in [0.05, 0.1) is 12.5 Å². The van der Waals surface area contributed by atoms with Crippen molar-refractivity contribution in [2.24, 2.45) is 5.41 Å². The Morgan fingerprint density at radius 1 is 1.00 bits per heavy atom. The van der Waals surface area contributed by atoms with Crippen LogP contribution in [0.2, 0.25) is 18.1 Å². The van der Waals surface area contributed by atoms with Gasteiger partial charge in [-0.15, -0.1) is 0 Å². The molecule has 1 heterocycles. The maximum absolute atomic E-state index is 13.3. The highest BCUT2D eigenvalue weighted by atomic mass is 28.4. The molecule has 7 nitrogen and oxygen atoms in total. The van der Waals surface area contributed by atoms with Crippen LogP contribution in [0, 0.1) is 5.41 Å². The number of carbonyl (C=O) groups excluding carboxylic acids is 1. The quantitative estimate of drug-likeness (QED) is 0.134.